The number of hydrogen-bond acceptors (Lipinski definition) is 7. The van der Waals surface area contributed by atoms with Gasteiger partial charge < -0.3 is 30.0 Å². The van der Waals surface area contributed by atoms with E-state index in [-0.39, 0.29) is 11.3 Å². The Balaban J connectivity index is 1.41. The number of amides is 2. The van der Waals surface area contributed by atoms with Gasteiger partial charge in [-0.1, -0.05) is 12.1 Å². The highest BCUT2D eigenvalue weighted by Gasteiger charge is 2.15. The van der Waals surface area contributed by atoms with Crippen molar-refractivity contribution in [2.24, 2.45) is 0 Å². The normalized spacial score (nSPS) is 10.3. The van der Waals surface area contributed by atoms with E-state index >= 15 is 0 Å². The fourth-order valence-electron chi connectivity index (χ4n) is 3.46. The van der Waals surface area contributed by atoms with E-state index in [1.54, 1.807) is 54.9 Å². The first kappa shape index (κ1) is 25.1. The highest BCUT2D eigenvalue weighted by atomic mass is 16.5. The van der Waals surface area contributed by atoms with Crippen LogP contribution in [-0.2, 0) is 6.61 Å². The van der Waals surface area contributed by atoms with Crippen molar-refractivity contribution < 1.29 is 28.9 Å². The SMILES string of the molecule is COc1cc(OC)cc(C(=O)Nc2ccc(C(=O)Nc3cccc(OCc4cccnc4)c3)c(O)c2)c1. The number of nitrogens with one attached hydrogen (secondary N) is 2. The van der Waals surface area contributed by atoms with Gasteiger partial charge in [0, 0.05) is 53.1 Å². The lowest BCUT2D eigenvalue weighted by Gasteiger charge is -2.12. The molecular formula is C28H25N3O6. The van der Waals surface area contributed by atoms with Gasteiger partial charge in [-0.05, 0) is 42.5 Å². The highest BCUT2D eigenvalue weighted by Crippen LogP contribution is 2.27. The van der Waals surface area contributed by atoms with Crippen molar-refractivity contribution in [2.45, 2.75) is 6.61 Å². The number of benzene rings is 3. The second-order valence-corrected chi connectivity index (χ2v) is 7.92. The quantitative estimate of drug-likeness (QED) is 0.300. The van der Waals surface area contributed by atoms with Crippen LogP contribution in [0.25, 0.3) is 0 Å². The number of nitrogens with zero attached hydrogens (tertiary/aromatic N) is 1. The molecule has 1 aromatic heterocycles. The molecule has 0 fully saturated rings. The van der Waals surface area contributed by atoms with E-state index in [1.165, 1.54) is 32.4 Å². The summed E-state index contributed by atoms with van der Waals surface area (Å²) in [6, 6.07) is 19.7. The number of hydrogen-bond donors (Lipinski definition) is 3. The summed E-state index contributed by atoms with van der Waals surface area (Å²) in [5.41, 5.74) is 2.08. The molecule has 0 aliphatic rings. The predicted octanol–water partition coefficient (Wildman–Crippen LogP) is 4.89. The van der Waals surface area contributed by atoms with E-state index in [2.05, 4.69) is 15.6 Å². The second-order valence-electron chi connectivity index (χ2n) is 7.92. The molecule has 3 N–H and O–H groups in total. The van der Waals surface area contributed by atoms with Crippen LogP contribution < -0.4 is 24.8 Å². The van der Waals surface area contributed by atoms with Gasteiger partial charge in [-0.2, -0.15) is 0 Å². The van der Waals surface area contributed by atoms with E-state index in [9.17, 15) is 14.7 Å². The zero-order chi connectivity index (χ0) is 26.2. The van der Waals surface area contributed by atoms with Crippen molar-refractivity contribution in [3.05, 3.63) is 102 Å². The molecular weight excluding hydrogens is 474 g/mol. The van der Waals surface area contributed by atoms with Gasteiger partial charge in [0.05, 0.1) is 19.8 Å². The molecule has 0 saturated carbocycles. The summed E-state index contributed by atoms with van der Waals surface area (Å²) in [7, 11) is 2.98. The van der Waals surface area contributed by atoms with Crippen molar-refractivity contribution in [1.29, 1.82) is 0 Å². The zero-order valence-electron chi connectivity index (χ0n) is 20.2. The summed E-state index contributed by atoms with van der Waals surface area (Å²) in [6.07, 6.45) is 3.40. The van der Waals surface area contributed by atoms with Gasteiger partial charge in [0.2, 0.25) is 0 Å². The monoisotopic (exact) mass is 499 g/mol. The minimum Gasteiger partial charge on any atom is -0.507 e. The first-order chi connectivity index (χ1) is 17.9. The number of ether oxygens (including phenoxy) is 3. The van der Waals surface area contributed by atoms with Gasteiger partial charge >= 0.3 is 0 Å². The first-order valence-electron chi connectivity index (χ1n) is 11.3. The lowest BCUT2D eigenvalue weighted by Crippen LogP contribution is -2.14. The van der Waals surface area contributed by atoms with Crippen LogP contribution in [0, 0.1) is 0 Å². The first-order valence-corrected chi connectivity index (χ1v) is 11.3. The van der Waals surface area contributed by atoms with Crippen LogP contribution in [0.2, 0.25) is 0 Å². The van der Waals surface area contributed by atoms with E-state index in [0.717, 1.165) is 5.56 Å². The molecule has 9 heteroatoms. The Kier molecular flexibility index (Phi) is 7.85. The largest absolute Gasteiger partial charge is 0.507 e. The summed E-state index contributed by atoms with van der Waals surface area (Å²) in [5, 5.41) is 15.9. The molecule has 2 amide bonds. The Hall–Kier alpha value is -5.05. The van der Waals surface area contributed by atoms with E-state index in [0.29, 0.717) is 40.8 Å². The lowest BCUT2D eigenvalue weighted by molar-refractivity contribution is 0.101. The Labute approximate surface area is 213 Å². The predicted molar refractivity (Wildman–Crippen MR) is 139 cm³/mol. The number of aromatic hydroxyl groups is 1. The molecule has 0 aliphatic carbocycles. The Bertz CT molecular complexity index is 1390. The van der Waals surface area contributed by atoms with Gasteiger partial charge in [0.25, 0.3) is 11.8 Å². The molecule has 0 radical (unpaired) electrons. The molecule has 9 nitrogen and oxygen atoms in total. The number of anilines is 2. The number of methoxy groups -OCH3 is 2. The van der Waals surface area contributed by atoms with E-state index in [4.69, 9.17) is 14.2 Å². The van der Waals surface area contributed by atoms with Gasteiger partial charge in [-0.25, -0.2) is 0 Å². The van der Waals surface area contributed by atoms with E-state index < -0.39 is 11.8 Å². The highest BCUT2D eigenvalue weighted by molar-refractivity contribution is 6.08. The number of phenolic OH excluding ortho intramolecular Hbond substituents is 1. The minimum absolute atomic E-state index is 0.0442. The van der Waals surface area contributed by atoms with Crippen LogP contribution in [0.3, 0.4) is 0 Å². The number of carbonyl (C=O) groups excluding carboxylic acids is 2. The van der Waals surface area contributed by atoms with Crippen molar-refractivity contribution in [1.82, 2.24) is 4.98 Å². The number of phenols is 1. The third-order valence-electron chi connectivity index (χ3n) is 5.33. The van der Waals surface area contributed by atoms with Gasteiger partial charge in [0.1, 0.15) is 29.6 Å². The maximum absolute atomic E-state index is 12.8. The molecule has 188 valence electrons. The van der Waals surface area contributed by atoms with Crippen LogP contribution in [0.4, 0.5) is 11.4 Å². The van der Waals surface area contributed by atoms with E-state index in [1.807, 2.05) is 12.1 Å². The fourth-order valence-corrected chi connectivity index (χ4v) is 3.46. The average Bonchev–Trinajstić information content (AvgIpc) is 2.92. The van der Waals surface area contributed by atoms with Crippen LogP contribution in [0.5, 0.6) is 23.0 Å². The Morgan fingerprint density at radius 1 is 0.811 bits per heavy atom. The molecule has 0 bridgehead atoms. The molecule has 4 aromatic rings. The van der Waals surface area contributed by atoms with Gasteiger partial charge in [-0.3, -0.25) is 14.6 Å². The van der Waals surface area contributed by atoms with Crippen LogP contribution in [-0.4, -0.2) is 36.1 Å². The summed E-state index contributed by atoms with van der Waals surface area (Å²) in [4.78, 5) is 29.5. The lowest BCUT2D eigenvalue weighted by atomic mass is 10.1. The van der Waals surface area contributed by atoms with Crippen molar-refractivity contribution in [3.8, 4) is 23.0 Å². The van der Waals surface area contributed by atoms with Crippen molar-refractivity contribution in [3.63, 3.8) is 0 Å². The molecule has 37 heavy (non-hydrogen) atoms. The third kappa shape index (κ3) is 6.55. The molecule has 0 spiro atoms. The molecule has 1 heterocycles. The summed E-state index contributed by atoms with van der Waals surface area (Å²) in [5.74, 6) is 0.256. The van der Waals surface area contributed by atoms with Crippen molar-refractivity contribution in [2.75, 3.05) is 24.9 Å². The standard InChI is InChI=1S/C28H25N3O6/c1-35-23-11-19(12-24(15-23)36-2)27(33)30-21-8-9-25(26(32)14-21)28(34)31-20-6-3-7-22(13-20)37-17-18-5-4-10-29-16-18/h3-16,32H,17H2,1-2H3,(H,30,33)(H,31,34). The molecule has 3 aromatic carbocycles. The number of carbonyl (C=O) groups is 2. The number of aromatic nitrogens is 1. The van der Waals surface area contributed by atoms with Gasteiger partial charge in [0.15, 0.2) is 0 Å². The average molecular weight is 500 g/mol. The molecule has 0 unspecified atom stereocenters. The summed E-state index contributed by atoms with van der Waals surface area (Å²) in [6.45, 7) is 0.335. The van der Waals surface area contributed by atoms with Crippen LogP contribution in [0.1, 0.15) is 26.3 Å². The van der Waals surface area contributed by atoms with Gasteiger partial charge in [-0.15, -0.1) is 0 Å². The number of pyridine rings is 1. The third-order valence-corrected chi connectivity index (χ3v) is 5.33. The summed E-state index contributed by atoms with van der Waals surface area (Å²) < 4.78 is 16.2. The van der Waals surface area contributed by atoms with Crippen molar-refractivity contribution >= 4 is 23.2 Å². The topological polar surface area (TPSA) is 119 Å². The van der Waals surface area contributed by atoms with Crippen LogP contribution in [0.15, 0.2) is 85.2 Å². The summed E-state index contributed by atoms with van der Waals surface area (Å²) >= 11 is 0. The smallest absolute Gasteiger partial charge is 0.259 e. The maximum Gasteiger partial charge on any atom is 0.259 e. The molecule has 0 saturated heterocycles. The van der Waals surface area contributed by atoms with Crippen LogP contribution >= 0.6 is 0 Å². The zero-order valence-corrected chi connectivity index (χ0v) is 20.2. The molecule has 4 rings (SSSR count). The fraction of sp³-hybridized carbons (Fsp3) is 0.107. The maximum atomic E-state index is 12.8. The Morgan fingerprint density at radius 2 is 1.54 bits per heavy atom. The number of rotatable bonds is 9. The second kappa shape index (κ2) is 11.6. The Morgan fingerprint density at radius 3 is 2.22 bits per heavy atom. The molecule has 0 atom stereocenters. The minimum atomic E-state index is -0.516. The molecule has 0 aliphatic heterocycles.